The molecule has 0 aromatic rings. The molecule has 0 aliphatic heterocycles. The second-order valence-electron chi connectivity index (χ2n) is 6.88. The highest BCUT2D eigenvalue weighted by atomic mass is 16.7. The van der Waals surface area contributed by atoms with Gasteiger partial charge in [-0.25, -0.2) is 4.79 Å². The van der Waals surface area contributed by atoms with E-state index in [0.717, 1.165) is 32.1 Å². The fourth-order valence-corrected chi connectivity index (χ4v) is 2.59. The molecule has 0 saturated carbocycles. The summed E-state index contributed by atoms with van der Waals surface area (Å²) in [6.45, 7) is 5.27. The van der Waals surface area contributed by atoms with Crippen LogP contribution in [0.3, 0.4) is 0 Å². The predicted molar refractivity (Wildman–Crippen MR) is 112 cm³/mol. The Hall–Kier alpha value is -1.25. The Morgan fingerprint density at radius 2 is 1.12 bits per heavy atom. The van der Waals surface area contributed by atoms with E-state index in [1.54, 1.807) is 0 Å². The number of ether oxygens (including phenoxy) is 2. The Bertz CT molecular complexity index is 347. The molecule has 26 heavy (non-hydrogen) atoms. The molecular weight excluding hydrogens is 324 g/mol. The molecule has 0 aromatic carbocycles. The van der Waals surface area contributed by atoms with E-state index in [1.807, 2.05) is 0 Å². The van der Waals surface area contributed by atoms with E-state index in [1.165, 1.54) is 57.8 Å². The molecule has 0 N–H and O–H groups in total. The highest BCUT2D eigenvalue weighted by molar-refractivity contribution is 5.59. The maximum absolute atomic E-state index is 11.2. The maximum Gasteiger partial charge on any atom is 0.508 e. The zero-order chi connectivity index (χ0) is 19.1. The molecule has 0 amide bonds. The van der Waals surface area contributed by atoms with Crippen molar-refractivity contribution < 1.29 is 14.3 Å². The molecule has 3 nitrogen and oxygen atoms in total. The monoisotopic (exact) mass is 366 g/mol. The SMILES string of the molecule is CCCCC/C=C\C/C=C\CCCCCCCCOC(=O)OCCCC. The lowest BCUT2D eigenvalue weighted by Crippen LogP contribution is -2.09. The summed E-state index contributed by atoms with van der Waals surface area (Å²) in [4.78, 5) is 11.2. The minimum absolute atomic E-state index is 0.471. The van der Waals surface area contributed by atoms with Gasteiger partial charge in [0.15, 0.2) is 0 Å². The molecule has 152 valence electrons. The molecule has 3 heteroatoms. The predicted octanol–water partition coefficient (Wildman–Crippen LogP) is 7.75. The molecule has 0 radical (unpaired) electrons. The van der Waals surface area contributed by atoms with Crippen LogP contribution in [0.15, 0.2) is 24.3 Å². The lowest BCUT2D eigenvalue weighted by atomic mass is 10.1. The Kier molecular flexibility index (Phi) is 20.7. The van der Waals surface area contributed by atoms with Crippen LogP contribution in [-0.4, -0.2) is 19.4 Å². The maximum atomic E-state index is 11.2. The van der Waals surface area contributed by atoms with Gasteiger partial charge < -0.3 is 9.47 Å². The van der Waals surface area contributed by atoms with Crippen molar-refractivity contribution >= 4 is 6.16 Å². The van der Waals surface area contributed by atoms with Gasteiger partial charge in [0.25, 0.3) is 0 Å². The zero-order valence-electron chi connectivity index (χ0n) is 17.3. The Labute approximate surface area is 162 Å². The summed E-state index contributed by atoms with van der Waals surface area (Å²) < 4.78 is 9.97. The first-order valence-electron chi connectivity index (χ1n) is 10.9. The fraction of sp³-hybridized carbons (Fsp3) is 0.783. The second kappa shape index (κ2) is 21.8. The van der Waals surface area contributed by atoms with Crippen molar-refractivity contribution in [1.82, 2.24) is 0 Å². The van der Waals surface area contributed by atoms with Gasteiger partial charge in [-0.15, -0.1) is 0 Å². The van der Waals surface area contributed by atoms with Crippen LogP contribution in [0.2, 0.25) is 0 Å². The van der Waals surface area contributed by atoms with Gasteiger partial charge in [0, 0.05) is 0 Å². The van der Waals surface area contributed by atoms with E-state index >= 15 is 0 Å². The summed E-state index contributed by atoms with van der Waals surface area (Å²) in [6, 6.07) is 0. The molecule has 0 spiro atoms. The van der Waals surface area contributed by atoms with Crippen LogP contribution >= 0.6 is 0 Å². The largest absolute Gasteiger partial charge is 0.508 e. The number of rotatable bonds is 18. The van der Waals surface area contributed by atoms with Gasteiger partial charge in [-0.1, -0.05) is 83.1 Å². The van der Waals surface area contributed by atoms with Gasteiger partial charge in [0.2, 0.25) is 0 Å². The molecule has 0 atom stereocenters. The minimum atomic E-state index is -0.513. The average Bonchev–Trinajstić information content (AvgIpc) is 2.64. The number of hydrogen-bond donors (Lipinski definition) is 0. The van der Waals surface area contributed by atoms with Gasteiger partial charge in [0.05, 0.1) is 13.2 Å². The second-order valence-corrected chi connectivity index (χ2v) is 6.88. The first kappa shape index (κ1) is 24.8. The molecular formula is C23H42O3. The third kappa shape index (κ3) is 20.8. The summed E-state index contributed by atoms with van der Waals surface area (Å²) in [5, 5.41) is 0. The Morgan fingerprint density at radius 3 is 1.73 bits per heavy atom. The summed E-state index contributed by atoms with van der Waals surface area (Å²) in [7, 11) is 0. The zero-order valence-corrected chi connectivity index (χ0v) is 17.3. The van der Waals surface area contributed by atoms with Crippen molar-refractivity contribution in [2.24, 2.45) is 0 Å². The molecule has 0 unspecified atom stereocenters. The molecule has 0 fully saturated rings. The van der Waals surface area contributed by atoms with Crippen molar-refractivity contribution in [3.05, 3.63) is 24.3 Å². The van der Waals surface area contributed by atoms with E-state index in [2.05, 4.69) is 38.2 Å². The van der Waals surface area contributed by atoms with Crippen molar-refractivity contribution in [2.75, 3.05) is 13.2 Å². The average molecular weight is 367 g/mol. The van der Waals surface area contributed by atoms with Crippen molar-refractivity contribution in [3.8, 4) is 0 Å². The van der Waals surface area contributed by atoms with Crippen LogP contribution in [0, 0.1) is 0 Å². The van der Waals surface area contributed by atoms with Gasteiger partial charge in [-0.2, -0.15) is 0 Å². The molecule has 0 saturated heterocycles. The van der Waals surface area contributed by atoms with Crippen LogP contribution < -0.4 is 0 Å². The lowest BCUT2D eigenvalue weighted by molar-refractivity contribution is 0.0532. The van der Waals surface area contributed by atoms with Crippen molar-refractivity contribution in [3.63, 3.8) is 0 Å². The van der Waals surface area contributed by atoms with Gasteiger partial charge in [-0.3, -0.25) is 0 Å². The Morgan fingerprint density at radius 1 is 0.615 bits per heavy atom. The number of carbonyl (C=O) groups excluding carboxylic acids is 1. The molecule has 0 bridgehead atoms. The number of carbonyl (C=O) groups is 1. The molecule has 0 rings (SSSR count). The smallest absolute Gasteiger partial charge is 0.434 e. The number of allylic oxidation sites excluding steroid dienone is 4. The minimum Gasteiger partial charge on any atom is -0.434 e. The fourth-order valence-electron chi connectivity index (χ4n) is 2.59. The van der Waals surface area contributed by atoms with E-state index in [0.29, 0.717) is 13.2 Å². The molecule has 0 aliphatic carbocycles. The van der Waals surface area contributed by atoms with Crippen molar-refractivity contribution in [2.45, 2.75) is 104 Å². The highest BCUT2D eigenvalue weighted by Crippen LogP contribution is 2.08. The van der Waals surface area contributed by atoms with Crippen LogP contribution in [0.1, 0.15) is 104 Å². The molecule has 0 aliphatic rings. The topological polar surface area (TPSA) is 35.5 Å². The van der Waals surface area contributed by atoms with Gasteiger partial charge >= 0.3 is 6.16 Å². The lowest BCUT2D eigenvalue weighted by Gasteiger charge is -2.05. The first-order chi connectivity index (χ1) is 12.8. The van der Waals surface area contributed by atoms with Gasteiger partial charge in [-0.05, 0) is 44.9 Å². The van der Waals surface area contributed by atoms with Crippen LogP contribution in [-0.2, 0) is 9.47 Å². The van der Waals surface area contributed by atoms with Crippen LogP contribution in [0.5, 0.6) is 0 Å². The highest BCUT2D eigenvalue weighted by Gasteiger charge is 2.02. The quantitative estimate of drug-likeness (QED) is 0.141. The normalized spacial score (nSPS) is 11.5. The third-order valence-electron chi connectivity index (χ3n) is 4.28. The van der Waals surface area contributed by atoms with E-state index in [9.17, 15) is 4.79 Å². The summed E-state index contributed by atoms with van der Waals surface area (Å²) >= 11 is 0. The summed E-state index contributed by atoms with van der Waals surface area (Å²) in [5.41, 5.74) is 0. The summed E-state index contributed by atoms with van der Waals surface area (Å²) in [5.74, 6) is 0. The van der Waals surface area contributed by atoms with Gasteiger partial charge in [0.1, 0.15) is 0 Å². The van der Waals surface area contributed by atoms with E-state index in [-0.39, 0.29) is 0 Å². The number of unbranched alkanes of at least 4 members (excludes halogenated alkanes) is 10. The van der Waals surface area contributed by atoms with E-state index < -0.39 is 6.16 Å². The van der Waals surface area contributed by atoms with Crippen LogP contribution in [0.4, 0.5) is 4.79 Å². The van der Waals surface area contributed by atoms with Crippen molar-refractivity contribution in [1.29, 1.82) is 0 Å². The number of hydrogen-bond acceptors (Lipinski definition) is 3. The third-order valence-corrected chi connectivity index (χ3v) is 4.28. The van der Waals surface area contributed by atoms with E-state index in [4.69, 9.17) is 9.47 Å². The van der Waals surface area contributed by atoms with Crippen LogP contribution in [0.25, 0.3) is 0 Å². The Balaban J connectivity index is 3.21. The molecule has 0 aromatic heterocycles. The first-order valence-corrected chi connectivity index (χ1v) is 10.9. The standard InChI is InChI=1S/C23H42O3/c1-3-5-7-8-9-10-11-12-13-14-15-16-17-18-19-20-22-26-23(24)25-21-6-4-2/h9-10,12-13H,3-8,11,14-22H2,1-2H3/b10-9-,13-12-. The molecule has 0 heterocycles. The summed E-state index contributed by atoms with van der Waals surface area (Å²) in [6.07, 6.45) is 25.2.